The molecule has 0 saturated heterocycles. The highest BCUT2D eigenvalue weighted by molar-refractivity contribution is 6.06. The van der Waals surface area contributed by atoms with E-state index < -0.39 is 34.8 Å². The van der Waals surface area contributed by atoms with Gasteiger partial charge in [-0.1, -0.05) is 0 Å². The van der Waals surface area contributed by atoms with Gasteiger partial charge >= 0.3 is 0 Å². The van der Waals surface area contributed by atoms with E-state index in [1.807, 2.05) is 7.05 Å². The second-order valence-corrected chi connectivity index (χ2v) is 8.25. The standard InChI is InChI=1S/C27H25F3N4O5/c1-31-6-3-9-38-23-13-20-17(10-15(23)14-35)21(4-7-32-20)39-25-18(28)11-16(12-19(25)29)34-27(36)24-22(37-2)5-8-33-26(24)30/h4-5,7-8,10-13,31,35H,3,6,9,14H2,1-2H3,(H,34,36). The first kappa shape index (κ1) is 27.6. The number of hydrogen-bond donors (Lipinski definition) is 3. The summed E-state index contributed by atoms with van der Waals surface area (Å²) < 4.78 is 60.4. The number of ether oxygens (including phenoxy) is 3. The van der Waals surface area contributed by atoms with E-state index in [9.17, 15) is 23.1 Å². The Hall–Kier alpha value is -4.42. The Balaban J connectivity index is 1.60. The lowest BCUT2D eigenvalue weighted by Crippen LogP contribution is -2.16. The van der Waals surface area contributed by atoms with Crippen LogP contribution in [0.15, 0.2) is 48.8 Å². The van der Waals surface area contributed by atoms with Gasteiger partial charge < -0.3 is 30.0 Å². The monoisotopic (exact) mass is 542 g/mol. The van der Waals surface area contributed by atoms with Crippen molar-refractivity contribution in [3.05, 3.63) is 77.5 Å². The number of nitrogens with one attached hydrogen (secondary N) is 2. The predicted octanol–water partition coefficient (Wildman–Crippen LogP) is 4.58. The molecule has 0 radical (unpaired) electrons. The van der Waals surface area contributed by atoms with Crippen molar-refractivity contribution in [3.8, 4) is 23.0 Å². The van der Waals surface area contributed by atoms with Crippen LogP contribution in [0.3, 0.4) is 0 Å². The zero-order chi connectivity index (χ0) is 27.9. The highest BCUT2D eigenvalue weighted by atomic mass is 19.1. The summed E-state index contributed by atoms with van der Waals surface area (Å²) >= 11 is 0. The van der Waals surface area contributed by atoms with Gasteiger partial charge in [-0.2, -0.15) is 4.39 Å². The normalized spacial score (nSPS) is 10.9. The fourth-order valence-corrected chi connectivity index (χ4v) is 3.80. The summed E-state index contributed by atoms with van der Waals surface area (Å²) in [6.45, 7) is 0.826. The van der Waals surface area contributed by atoms with Gasteiger partial charge in [0, 0.05) is 47.2 Å². The van der Waals surface area contributed by atoms with Crippen molar-refractivity contribution >= 4 is 22.5 Å². The number of fused-ring (bicyclic) bond motifs is 1. The molecule has 0 aliphatic rings. The van der Waals surface area contributed by atoms with Gasteiger partial charge in [-0.05, 0) is 38.2 Å². The van der Waals surface area contributed by atoms with Crippen molar-refractivity contribution < 1.29 is 37.3 Å². The van der Waals surface area contributed by atoms with Crippen LogP contribution in [-0.2, 0) is 6.61 Å². The van der Waals surface area contributed by atoms with E-state index in [-0.39, 0.29) is 23.8 Å². The maximum Gasteiger partial charge on any atom is 0.264 e. The lowest BCUT2D eigenvalue weighted by molar-refractivity contribution is 0.101. The Morgan fingerprint density at radius 2 is 1.72 bits per heavy atom. The number of anilines is 1. The average molecular weight is 543 g/mol. The minimum Gasteiger partial charge on any atom is -0.496 e. The lowest BCUT2D eigenvalue weighted by atomic mass is 10.1. The molecule has 3 N–H and O–H groups in total. The number of carbonyl (C=O) groups excluding carboxylic acids is 1. The first-order valence-electron chi connectivity index (χ1n) is 11.8. The molecule has 2 aromatic heterocycles. The largest absolute Gasteiger partial charge is 0.496 e. The van der Waals surface area contributed by atoms with E-state index in [0.29, 0.717) is 28.8 Å². The molecule has 204 valence electrons. The fraction of sp³-hybridized carbons (Fsp3) is 0.222. The van der Waals surface area contributed by atoms with E-state index in [2.05, 4.69) is 20.6 Å². The molecule has 0 aliphatic carbocycles. The number of benzene rings is 2. The summed E-state index contributed by atoms with van der Waals surface area (Å²) in [6, 6.07) is 7.54. The van der Waals surface area contributed by atoms with Gasteiger partial charge in [0.05, 0.1) is 25.8 Å². The Kier molecular flexibility index (Phi) is 8.79. The van der Waals surface area contributed by atoms with Crippen LogP contribution < -0.4 is 24.8 Å². The molecule has 0 spiro atoms. The molecule has 2 heterocycles. The highest BCUT2D eigenvalue weighted by Crippen LogP contribution is 2.36. The van der Waals surface area contributed by atoms with E-state index in [1.54, 1.807) is 12.1 Å². The van der Waals surface area contributed by atoms with Gasteiger partial charge in [0.2, 0.25) is 5.95 Å². The van der Waals surface area contributed by atoms with Crippen LogP contribution in [0, 0.1) is 17.6 Å². The number of aliphatic hydroxyl groups is 1. The smallest absolute Gasteiger partial charge is 0.264 e. The van der Waals surface area contributed by atoms with Crippen molar-refractivity contribution in [2.24, 2.45) is 0 Å². The third-order valence-electron chi connectivity index (χ3n) is 5.66. The van der Waals surface area contributed by atoms with E-state index in [1.165, 1.54) is 25.4 Å². The SMILES string of the molecule is CNCCCOc1cc2nccc(Oc3c(F)cc(NC(=O)c4c(OC)ccnc4F)cc3F)c2cc1CO. The lowest BCUT2D eigenvalue weighted by Gasteiger charge is -2.15. The van der Waals surface area contributed by atoms with Crippen molar-refractivity contribution in [2.45, 2.75) is 13.0 Å². The van der Waals surface area contributed by atoms with Crippen LogP contribution >= 0.6 is 0 Å². The quantitative estimate of drug-likeness (QED) is 0.186. The first-order chi connectivity index (χ1) is 18.9. The average Bonchev–Trinajstić information content (AvgIpc) is 2.92. The molecule has 4 aromatic rings. The van der Waals surface area contributed by atoms with Gasteiger partial charge in [0.25, 0.3) is 5.91 Å². The summed E-state index contributed by atoms with van der Waals surface area (Å²) in [6.07, 6.45) is 3.26. The minimum atomic E-state index is -1.12. The Bertz CT molecular complexity index is 1480. The number of carbonyl (C=O) groups is 1. The van der Waals surface area contributed by atoms with Crippen molar-refractivity contribution in [1.29, 1.82) is 0 Å². The molecule has 39 heavy (non-hydrogen) atoms. The molecule has 9 nitrogen and oxygen atoms in total. The predicted molar refractivity (Wildman–Crippen MR) is 137 cm³/mol. The van der Waals surface area contributed by atoms with Crippen molar-refractivity contribution in [2.75, 3.05) is 32.6 Å². The summed E-state index contributed by atoms with van der Waals surface area (Å²) in [5, 5.41) is 15.5. The molecular weight excluding hydrogens is 517 g/mol. The number of halogens is 3. The second kappa shape index (κ2) is 12.4. The molecule has 4 rings (SSSR count). The molecule has 0 fully saturated rings. The molecule has 2 aromatic carbocycles. The molecule has 0 aliphatic heterocycles. The van der Waals surface area contributed by atoms with Crippen LogP contribution in [0.1, 0.15) is 22.3 Å². The maximum absolute atomic E-state index is 15.0. The number of nitrogens with zero attached hydrogens (tertiary/aromatic N) is 2. The van der Waals surface area contributed by atoms with E-state index >= 15 is 0 Å². The summed E-state index contributed by atoms with van der Waals surface area (Å²) in [7, 11) is 3.07. The zero-order valence-electron chi connectivity index (χ0n) is 21.1. The molecule has 0 atom stereocenters. The summed E-state index contributed by atoms with van der Waals surface area (Å²) in [4.78, 5) is 20.2. The van der Waals surface area contributed by atoms with Crippen LogP contribution in [0.2, 0.25) is 0 Å². The molecule has 0 saturated carbocycles. The third-order valence-corrected chi connectivity index (χ3v) is 5.66. The zero-order valence-corrected chi connectivity index (χ0v) is 21.1. The van der Waals surface area contributed by atoms with Crippen molar-refractivity contribution in [3.63, 3.8) is 0 Å². The number of pyridine rings is 2. The number of amides is 1. The van der Waals surface area contributed by atoms with Crippen LogP contribution in [0.5, 0.6) is 23.0 Å². The first-order valence-corrected chi connectivity index (χ1v) is 11.8. The van der Waals surface area contributed by atoms with Crippen LogP contribution in [0.4, 0.5) is 18.9 Å². The molecule has 1 amide bonds. The van der Waals surface area contributed by atoms with Gasteiger partial charge in [0.1, 0.15) is 22.8 Å². The van der Waals surface area contributed by atoms with E-state index in [0.717, 1.165) is 31.3 Å². The molecule has 0 bridgehead atoms. The number of aliphatic hydroxyl groups excluding tert-OH is 1. The Morgan fingerprint density at radius 3 is 2.41 bits per heavy atom. The van der Waals surface area contributed by atoms with Crippen LogP contribution in [0.25, 0.3) is 10.9 Å². The minimum absolute atomic E-state index is 0.0770. The van der Waals surface area contributed by atoms with Crippen LogP contribution in [-0.4, -0.2) is 48.3 Å². The Labute approximate surface area is 221 Å². The number of rotatable bonds is 11. The molecule has 0 unspecified atom stereocenters. The maximum atomic E-state index is 15.0. The Morgan fingerprint density at radius 1 is 1.00 bits per heavy atom. The third kappa shape index (κ3) is 6.19. The highest BCUT2D eigenvalue weighted by Gasteiger charge is 2.22. The topological polar surface area (TPSA) is 115 Å². The summed E-state index contributed by atoms with van der Waals surface area (Å²) in [5.74, 6) is -4.68. The van der Waals surface area contributed by atoms with Gasteiger partial charge in [-0.25, -0.2) is 13.8 Å². The fourth-order valence-electron chi connectivity index (χ4n) is 3.80. The summed E-state index contributed by atoms with van der Waals surface area (Å²) in [5.41, 5.74) is 0.0664. The van der Waals surface area contributed by atoms with Crippen molar-refractivity contribution in [1.82, 2.24) is 15.3 Å². The van der Waals surface area contributed by atoms with Gasteiger partial charge in [0.15, 0.2) is 17.4 Å². The van der Waals surface area contributed by atoms with E-state index in [4.69, 9.17) is 14.2 Å². The number of aromatic nitrogens is 2. The number of hydrogen-bond acceptors (Lipinski definition) is 8. The molecular formula is C27H25F3N4O5. The van der Waals surface area contributed by atoms with Gasteiger partial charge in [-0.3, -0.25) is 9.78 Å². The molecule has 12 heteroatoms. The number of methoxy groups -OCH3 is 1. The second-order valence-electron chi connectivity index (χ2n) is 8.25. The van der Waals surface area contributed by atoms with Gasteiger partial charge in [-0.15, -0.1) is 0 Å².